The maximum absolute atomic E-state index is 13.2. The third-order valence-electron chi connectivity index (χ3n) is 6.72. The van der Waals surface area contributed by atoms with Gasteiger partial charge in [-0.15, -0.1) is 0 Å². The molecule has 0 unspecified atom stereocenters. The monoisotopic (exact) mass is 560 g/mol. The first kappa shape index (κ1) is 28.3. The van der Waals surface area contributed by atoms with Crippen LogP contribution in [0, 0.1) is 13.8 Å². The van der Waals surface area contributed by atoms with Gasteiger partial charge in [0.25, 0.3) is 0 Å². The molecule has 3 aromatic rings. The average molecular weight is 561 g/mol. The molecule has 3 aromatic carbocycles. The van der Waals surface area contributed by atoms with Crippen LogP contribution in [0.2, 0.25) is 0 Å². The Balaban J connectivity index is 1.69. The molecule has 1 spiro atoms. The Bertz CT molecular complexity index is 1500. The molecule has 0 aliphatic carbocycles. The van der Waals surface area contributed by atoms with Gasteiger partial charge in [-0.1, -0.05) is 18.2 Å². The van der Waals surface area contributed by atoms with Crippen molar-refractivity contribution in [3.05, 3.63) is 93.0 Å². The number of carbonyl (C=O) groups is 3. The Morgan fingerprint density at radius 3 is 1.61 bits per heavy atom. The smallest absolute Gasteiger partial charge is 0.373 e. The van der Waals surface area contributed by atoms with E-state index in [2.05, 4.69) is 0 Å². The van der Waals surface area contributed by atoms with Gasteiger partial charge in [0.15, 0.2) is 5.60 Å². The molecule has 0 bridgehead atoms. The first-order chi connectivity index (χ1) is 19.1. The highest BCUT2D eigenvalue weighted by molar-refractivity contribution is 5.98. The van der Waals surface area contributed by atoms with E-state index in [1.807, 2.05) is 12.1 Å². The molecule has 0 radical (unpaired) electrons. The summed E-state index contributed by atoms with van der Waals surface area (Å²) in [5.41, 5.74) is 0.568. The summed E-state index contributed by atoms with van der Waals surface area (Å²) in [6.07, 6.45) is 0. The Morgan fingerprint density at radius 1 is 0.683 bits per heavy atom. The fourth-order valence-corrected chi connectivity index (χ4v) is 4.92. The van der Waals surface area contributed by atoms with Gasteiger partial charge in [-0.3, -0.25) is 9.78 Å². The van der Waals surface area contributed by atoms with Crippen molar-refractivity contribution in [3.8, 4) is 11.5 Å². The number of hydrogen-bond donors (Lipinski definition) is 0. The van der Waals surface area contributed by atoms with E-state index < -0.39 is 34.7 Å². The molecule has 0 aromatic heterocycles. The molecule has 214 valence electrons. The molecule has 0 fully saturated rings. The van der Waals surface area contributed by atoms with Gasteiger partial charge in [-0.2, -0.15) is 9.78 Å². The molecule has 2 aliphatic heterocycles. The highest BCUT2D eigenvalue weighted by atomic mass is 17.2. The Morgan fingerprint density at radius 2 is 1.15 bits per heavy atom. The Hall–Kier alpha value is -4.21. The summed E-state index contributed by atoms with van der Waals surface area (Å²) in [5, 5.41) is 0. The Labute approximate surface area is 238 Å². The minimum atomic E-state index is -1.39. The second-order valence-corrected chi connectivity index (χ2v) is 12.1. The first-order valence-corrected chi connectivity index (χ1v) is 13.2. The normalized spacial score (nSPS) is 14.9. The second-order valence-electron chi connectivity index (χ2n) is 12.1. The zero-order valence-electron chi connectivity index (χ0n) is 24.3. The molecule has 2 heterocycles. The molecule has 9 heteroatoms. The van der Waals surface area contributed by atoms with Gasteiger partial charge in [-0.25, -0.2) is 14.4 Å². The summed E-state index contributed by atoms with van der Waals surface area (Å²) in [6.45, 7) is 14.0. The molecular weight excluding hydrogens is 528 g/mol. The average Bonchev–Trinajstić information content (AvgIpc) is 3.19. The Kier molecular flexibility index (Phi) is 6.71. The maximum atomic E-state index is 13.2. The maximum Gasteiger partial charge on any atom is 0.373 e. The van der Waals surface area contributed by atoms with Gasteiger partial charge in [0.1, 0.15) is 22.7 Å². The summed E-state index contributed by atoms with van der Waals surface area (Å²) >= 11 is 0. The number of esters is 1. The lowest BCUT2D eigenvalue weighted by Gasteiger charge is -2.38. The fraction of sp³-hybridized carbons (Fsp3) is 0.344. The third kappa shape index (κ3) is 4.85. The number of rotatable bonds is 4. The van der Waals surface area contributed by atoms with Crippen molar-refractivity contribution < 1.29 is 43.4 Å². The van der Waals surface area contributed by atoms with Crippen molar-refractivity contribution in [3.63, 3.8) is 0 Å². The van der Waals surface area contributed by atoms with E-state index >= 15 is 0 Å². The predicted molar refractivity (Wildman–Crippen MR) is 147 cm³/mol. The molecular formula is C32H32O9. The minimum absolute atomic E-state index is 0.205. The van der Waals surface area contributed by atoms with E-state index in [4.69, 9.17) is 29.0 Å². The number of fused-ring (bicyclic) bond motifs is 6. The van der Waals surface area contributed by atoms with Crippen LogP contribution in [-0.2, 0) is 29.9 Å². The third-order valence-corrected chi connectivity index (χ3v) is 6.72. The van der Waals surface area contributed by atoms with Crippen molar-refractivity contribution >= 4 is 17.9 Å². The van der Waals surface area contributed by atoms with E-state index in [-0.39, 0.29) is 11.1 Å². The fourth-order valence-electron chi connectivity index (χ4n) is 4.92. The SMILES string of the molecule is Cc1c(C(=O)OOC(C)(C)C)ccc2c1Oc1c(ccc(C(=O)OOC(C)(C)C)c1C)C21OC(=O)c2ccccc21. The van der Waals surface area contributed by atoms with Crippen LogP contribution in [0.25, 0.3) is 0 Å². The van der Waals surface area contributed by atoms with E-state index in [9.17, 15) is 14.4 Å². The lowest BCUT2D eigenvalue weighted by atomic mass is 9.75. The standard InChI is InChI=1S/C32H32O9/c1-17-19(28(34)38-40-30(3,4)5)13-15-23-25(17)36-26-18(2)20(29(35)39-41-31(6,7)8)14-16-24(26)32(23)22-12-10-9-11-21(22)27(33)37-32/h9-16H,1-8H3. The van der Waals surface area contributed by atoms with Crippen LogP contribution in [-0.4, -0.2) is 29.1 Å². The van der Waals surface area contributed by atoms with Gasteiger partial charge in [-0.05, 0) is 85.7 Å². The lowest BCUT2D eigenvalue weighted by molar-refractivity contribution is -0.301. The molecule has 0 saturated heterocycles. The number of hydrogen-bond acceptors (Lipinski definition) is 9. The van der Waals surface area contributed by atoms with Crippen molar-refractivity contribution in [2.45, 2.75) is 72.2 Å². The van der Waals surface area contributed by atoms with Gasteiger partial charge >= 0.3 is 17.9 Å². The highest BCUT2D eigenvalue weighted by Crippen LogP contribution is 2.58. The van der Waals surface area contributed by atoms with Gasteiger partial charge in [0, 0.05) is 27.8 Å². The summed E-state index contributed by atoms with van der Waals surface area (Å²) in [4.78, 5) is 59.9. The van der Waals surface area contributed by atoms with Crippen LogP contribution in [0.4, 0.5) is 0 Å². The van der Waals surface area contributed by atoms with Crippen LogP contribution >= 0.6 is 0 Å². The summed E-state index contributed by atoms with van der Waals surface area (Å²) in [5.74, 6) is -1.32. The van der Waals surface area contributed by atoms with E-state index in [1.165, 1.54) is 0 Å². The summed E-state index contributed by atoms with van der Waals surface area (Å²) < 4.78 is 12.7. The summed E-state index contributed by atoms with van der Waals surface area (Å²) in [6, 6.07) is 13.7. The molecule has 0 atom stereocenters. The van der Waals surface area contributed by atoms with Crippen molar-refractivity contribution in [2.24, 2.45) is 0 Å². The number of carbonyl (C=O) groups excluding carboxylic acids is 3. The molecule has 5 rings (SSSR count). The lowest BCUT2D eigenvalue weighted by Crippen LogP contribution is -2.34. The van der Waals surface area contributed by atoms with Crippen LogP contribution < -0.4 is 4.74 Å². The van der Waals surface area contributed by atoms with Crippen molar-refractivity contribution in [1.82, 2.24) is 0 Å². The van der Waals surface area contributed by atoms with E-state index in [0.717, 1.165) is 0 Å². The largest absolute Gasteiger partial charge is 0.456 e. The number of ether oxygens (including phenoxy) is 2. The van der Waals surface area contributed by atoms with Gasteiger partial charge < -0.3 is 9.47 Å². The summed E-state index contributed by atoms with van der Waals surface area (Å²) in [7, 11) is 0. The van der Waals surface area contributed by atoms with E-state index in [1.54, 1.807) is 91.8 Å². The molecule has 9 nitrogen and oxygen atoms in total. The number of benzene rings is 3. The highest BCUT2D eigenvalue weighted by Gasteiger charge is 2.54. The van der Waals surface area contributed by atoms with E-state index in [0.29, 0.717) is 44.9 Å². The topological polar surface area (TPSA) is 107 Å². The second kappa shape index (κ2) is 9.71. The minimum Gasteiger partial charge on any atom is -0.456 e. The molecule has 0 amide bonds. The van der Waals surface area contributed by atoms with Crippen LogP contribution in [0.15, 0.2) is 48.5 Å². The first-order valence-electron chi connectivity index (χ1n) is 13.2. The van der Waals surface area contributed by atoms with Crippen LogP contribution in [0.3, 0.4) is 0 Å². The molecule has 0 N–H and O–H groups in total. The van der Waals surface area contributed by atoms with Gasteiger partial charge in [0.05, 0.1) is 16.7 Å². The van der Waals surface area contributed by atoms with Crippen molar-refractivity contribution in [2.75, 3.05) is 0 Å². The van der Waals surface area contributed by atoms with Crippen LogP contribution in [0.5, 0.6) is 11.5 Å². The quantitative estimate of drug-likeness (QED) is 0.197. The zero-order valence-corrected chi connectivity index (χ0v) is 24.3. The molecule has 41 heavy (non-hydrogen) atoms. The van der Waals surface area contributed by atoms with Crippen LogP contribution in [0.1, 0.15) is 100 Å². The molecule has 0 saturated carbocycles. The zero-order chi connectivity index (χ0) is 29.9. The van der Waals surface area contributed by atoms with Gasteiger partial charge in [0.2, 0.25) is 0 Å². The van der Waals surface area contributed by atoms with Crippen molar-refractivity contribution in [1.29, 1.82) is 0 Å². The molecule has 2 aliphatic rings. The predicted octanol–water partition coefficient (Wildman–Crippen LogP) is 6.65.